The fraction of sp³-hybridized carbons (Fsp3) is 0.303. The van der Waals surface area contributed by atoms with Gasteiger partial charge in [0.05, 0.1) is 44.8 Å². The molecule has 0 aliphatic heterocycles. The number of carbonyl (C=O) groups excluding carboxylic acids is 2. The Morgan fingerprint density at radius 1 is 0.956 bits per heavy atom. The maximum absolute atomic E-state index is 14.3. The molecule has 0 unspecified atom stereocenters. The first kappa shape index (κ1) is 30.1. The summed E-state index contributed by atoms with van der Waals surface area (Å²) >= 11 is 1.46. The average Bonchev–Trinajstić information content (AvgIpc) is 3.85. The minimum Gasteiger partial charge on any atom is -0.497 e. The van der Waals surface area contributed by atoms with Gasteiger partial charge in [0.15, 0.2) is 0 Å². The van der Waals surface area contributed by atoms with Crippen LogP contribution in [0.4, 0.5) is 5.69 Å². The molecule has 1 aliphatic carbocycles. The molecule has 2 heterocycles. The molecule has 0 bridgehead atoms. The summed E-state index contributed by atoms with van der Waals surface area (Å²) in [5, 5.41) is 14.2. The largest absolute Gasteiger partial charge is 0.497 e. The lowest BCUT2D eigenvalue weighted by atomic mass is 9.93. The molecule has 0 radical (unpaired) electrons. The molecule has 1 fully saturated rings. The van der Waals surface area contributed by atoms with E-state index in [2.05, 4.69) is 15.6 Å². The zero-order chi connectivity index (χ0) is 31.4. The van der Waals surface area contributed by atoms with Gasteiger partial charge in [-0.05, 0) is 61.4 Å². The van der Waals surface area contributed by atoms with E-state index in [1.165, 1.54) is 18.4 Å². The van der Waals surface area contributed by atoms with E-state index in [0.29, 0.717) is 35.5 Å². The number of methoxy groups -OCH3 is 3. The number of thiazole rings is 1. The molecule has 1 saturated carbocycles. The third-order valence-corrected chi connectivity index (χ3v) is 9.10. The number of carbonyl (C=O) groups is 2. The number of fused-ring (bicyclic) bond motifs is 1. The monoisotopic (exact) mass is 626 g/mol. The Morgan fingerprint density at radius 2 is 1.69 bits per heavy atom. The van der Waals surface area contributed by atoms with Gasteiger partial charge in [-0.15, -0.1) is 16.4 Å². The Kier molecular flexibility index (Phi) is 8.65. The van der Waals surface area contributed by atoms with Crippen molar-refractivity contribution in [1.29, 1.82) is 0 Å². The van der Waals surface area contributed by atoms with Crippen LogP contribution in [0.25, 0.3) is 22.3 Å². The van der Waals surface area contributed by atoms with Gasteiger partial charge in [-0.25, -0.2) is 9.67 Å². The highest BCUT2D eigenvalue weighted by molar-refractivity contribution is 7.09. The number of ether oxygens (including phenoxy) is 3. The van der Waals surface area contributed by atoms with Gasteiger partial charge in [-0.2, -0.15) is 0 Å². The second kappa shape index (κ2) is 12.9. The minimum absolute atomic E-state index is 0.0713. The normalized spacial score (nSPS) is 13.8. The first-order valence-corrected chi connectivity index (χ1v) is 15.5. The molecule has 2 aromatic heterocycles. The molecule has 6 rings (SSSR count). The Labute approximate surface area is 264 Å². The number of hydrogen-bond donors (Lipinski definition) is 1. The molecule has 45 heavy (non-hydrogen) atoms. The Hall–Kier alpha value is -4.97. The third-order valence-electron chi connectivity index (χ3n) is 8.26. The molecule has 2 amide bonds. The third kappa shape index (κ3) is 6.05. The van der Waals surface area contributed by atoms with Crippen LogP contribution in [0.2, 0.25) is 0 Å². The van der Waals surface area contributed by atoms with Crippen molar-refractivity contribution < 1.29 is 23.8 Å². The van der Waals surface area contributed by atoms with Crippen molar-refractivity contribution >= 4 is 39.9 Å². The zero-order valence-corrected chi connectivity index (χ0v) is 26.2. The van der Waals surface area contributed by atoms with E-state index in [1.54, 1.807) is 42.0 Å². The van der Waals surface area contributed by atoms with Crippen molar-refractivity contribution in [2.75, 3.05) is 26.6 Å². The number of aromatic nitrogens is 4. The van der Waals surface area contributed by atoms with Crippen LogP contribution < -0.4 is 19.5 Å². The molecule has 0 saturated heterocycles. The Morgan fingerprint density at radius 3 is 2.42 bits per heavy atom. The van der Waals surface area contributed by atoms with Crippen LogP contribution in [0, 0.1) is 0 Å². The van der Waals surface area contributed by atoms with Crippen LogP contribution in [0.15, 0.2) is 72.1 Å². The second-order valence-electron chi connectivity index (χ2n) is 10.8. The number of nitrogens with one attached hydrogen (secondary N) is 1. The van der Waals surface area contributed by atoms with Crippen molar-refractivity contribution in [1.82, 2.24) is 24.9 Å². The molecule has 1 aliphatic rings. The summed E-state index contributed by atoms with van der Waals surface area (Å²) < 4.78 is 17.8. The molecule has 0 atom stereocenters. The molecule has 5 aromatic rings. The topological polar surface area (TPSA) is 121 Å². The van der Waals surface area contributed by atoms with Crippen molar-refractivity contribution in [3.63, 3.8) is 0 Å². The Balaban J connectivity index is 1.35. The molecule has 12 heteroatoms. The highest BCUT2D eigenvalue weighted by atomic mass is 32.1. The summed E-state index contributed by atoms with van der Waals surface area (Å²) in [7, 11) is 4.74. The molecular formula is C33H34N6O5S. The van der Waals surface area contributed by atoms with Crippen molar-refractivity contribution in [3.8, 4) is 28.5 Å². The number of benzene rings is 3. The average molecular weight is 627 g/mol. The molecule has 0 spiro atoms. The number of rotatable bonds is 11. The lowest BCUT2D eigenvalue weighted by molar-refractivity contribution is -0.147. The van der Waals surface area contributed by atoms with E-state index in [0.717, 1.165) is 40.4 Å². The van der Waals surface area contributed by atoms with Crippen LogP contribution in [0.3, 0.4) is 0 Å². The van der Waals surface area contributed by atoms with Crippen LogP contribution in [0.1, 0.15) is 30.7 Å². The van der Waals surface area contributed by atoms with Gasteiger partial charge in [0.2, 0.25) is 11.8 Å². The molecule has 11 nitrogen and oxygen atoms in total. The maximum atomic E-state index is 14.3. The summed E-state index contributed by atoms with van der Waals surface area (Å²) in [6.45, 7) is 0.0948. The maximum Gasteiger partial charge on any atom is 0.250 e. The fourth-order valence-corrected chi connectivity index (χ4v) is 6.65. The number of hydrogen-bond acceptors (Lipinski definition) is 9. The van der Waals surface area contributed by atoms with Gasteiger partial charge >= 0.3 is 0 Å². The summed E-state index contributed by atoms with van der Waals surface area (Å²) in [5.41, 5.74) is 2.56. The quantitative estimate of drug-likeness (QED) is 0.202. The number of para-hydroxylation sites is 1. The van der Waals surface area contributed by atoms with Gasteiger partial charge in [-0.1, -0.05) is 30.2 Å². The zero-order valence-electron chi connectivity index (χ0n) is 25.4. The Bertz CT molecular complexity index is 1810. The lowest BCUT2D eigenvalue weighted by Crippen LogP contribution is -2.57. The van der Waals surface area contributed by atoms with E-state index < -0.39 is 5.54 Å². The van der Waals surface area contributed by atoms with Gasteiger partial charge in [0, 0.05) is 17.0 Å². The minimum atomic E-state index is -1.11. The van der Waals surface area contributed by atoms with Gasteiger partial charge in [0.25, 0.3) is 0 Å². The fourth-order valence-electron chi connectivity index (χ4n) is 5.86. The van der Waals surface area contributed by atoms with E-state index >= 15 is 0 Å². The molecule has 232 valence electrons. The smallest absolute Gasteiger partial charge is 0.250 e. The second-order valence-corrected chi connectivity index (χ2v) is 11.8. The van der Waals surface area contributed by atoms with Gasteiger partial charge in [0.1, 0.15) is 39.9 Å². The van der Waals surface area contributed by atoms with Crippen LogP contribution >= 0.6 is 11.3 Å². The number of anilines is 1. The summed E-state index contributed by atoms with van der Waals surface area (Å²) in [5.74, 6) is 1.31. The van der Waals surface area contributed by atoms with Crippen LogP contribution in [-0.4, -0.2) is 63.6 Å². The summed E-state index contributed by atoms with van der Waals surface area (Å²) in [4.78, 5) is 35.3. The van der Waals surface area contributed by atoms with Gasteiger partial charge < -0.3 is 24.4 Å². The first-order chi connectivity index (χ1) is 21.9. The highest BCUT2D eigenvalue weighted by Crippen LogP contribution is 2.40. The van der Waals surface area contributed by atoms with Gasteiger partial charge in [-0.3, -0.25) is 9.59 Å². The number of nitrogens with zero attached hydrogens (tertiary/aromatic N) is 5. The van der Waals surface area contributed by atoms with Crippen molar-refractivity contribution in [2.24, 2.45) is 0 Å². The molecular weight excluding hydrogens is 592 g/mol. The van der Waals surface area contributed by atoms with Crippen LogP contribution in [-0.2, 0) is 22.7 Å². The lowest BCUT2D eigenvalue weighted by Gasteiger charge is -2.39. The van der Waals surface area contributed by atoms with Crippen molar-refractivity contribution in [3.05, 3.63) is 77.1 Å². The molecule has 1 N–H and O–H groups in total. The predicted octanol–water partition coefficient (Wildman–Crippen LogP) is 5.56. The van der Waals surface area contributed by atoms with E-state index in [-0.39, 0.29) is 24.9 Å². The first-order valence-electron chi connectivity index (χ1n) is 14.6. The standard InChI is InChI=1S/C33H34N6O5S/c1-42-23-12-10-22(11-13-23)27-21-45-30(34-27)19-38(31(40)20-39-28-9-5-4-8-25(28)36-37-39)33(16-6-7-17-33)32(41)35-26-15-14-24(43-2)18-29(26)44-3/h4-5,8-15,18,21H,6-7,16-17,19-20H2,1-3H3,(H,35,41). The van der Waals surface area contributed by atoms with E-state index in [9.17, 15) is 9.59 Å². The van der Waals surface area contributed by atoms with E-state index in [1.807, 2.05) is 53.9 Å². The van der Waals surface area contributed by atoms with E-state index in [4.69, 9.17) is 19.2 Å². The molecule has 3 aromatic carbocycles. The summed E-state index contributed by atoms with van der Waals surface area (Å²) in [6.07, 6.45) is 2.63. The van der Waals surface area contributed by atoms with Crippen LogP contribution in [0.5, 0.6) is 17.2 Å². The predicted molar refractivity (Wildman–Crippen MR) is 172 cm³/mol. The summed E-state index contributed by atoms with van der Waals surface area (Å²) in [6, 6.07) is 20.4. The van der Waals surface area contributed by atoms with Crippen molar-refractivity contribution in [2.45, 2.75) is 44.3 Å². The highest BCUT2D eigenvalue weighted by Gasteiger charge is 2.49. The SMILES string of the molecule is COc1ccc(-c2csc(CN(C(=O)Cn3nnc4ccccc43)C3(C(=O)Nc4ccc(OC)cc4OC)CCCC3)n2)cc1. The number of amides is 2.